The fourth-order valence-corrected chi connectivity index (χ4v) is 1.75. The van der Waals surface area contributed by atoms with Crippen LogP contribution in [-0.4, -0.2) is 0 Å². The van der Waals surface area contributed by atoms with Gasteiger partial charge in [-0.2, -0.15) is 26.3 Å². The maximum atomic E-state index is 12.5. The second kappa shape index (κ2) is 4.49. The summed E-state index contributed by atoms with van der Waals surface area (Å²) in [7, 11) is 0. The molecule has 0 saturated carbocycles. The van der Waals surface area contributed by atoms with Crippen LogP contribution in [0.25, 0.3) is 0 Å². The summed E-state index contributed by atoms with van der Waals surface area (Å²) in [5.41, 5.74) is 1.65. The van der Waals surface area contributed by atoms with Crippen molar-refractivity contribution in [1.29, 1.82) is 0 Å². The minimum atomic E-state index is -5.07. The maximum Gasteiger partial charge on any atom is 0.417 e. The zero-order chi connectivity index (χ0) is 13.4. The summed E-state index contributed by atoms with van der Waals surface area (Å²) in [6.07, 6.45) is -10.1. The lowest BCUT2D eigenvalue weighted by molar-refractivity contribution is -0.162. The Morgan fingerprint density at radius 1 is 0.941 bits per heavy atom. The molecular formula is C9H6BrF6N. The van der Waals surface area contributed by atoms with E-state index in [-0.39, 0.29) is 16.6 Å². The van der Waals surface area contributed by atoms with Gasteiger partial charge >= 0.3 is 12.4 Å². The molecule has 0 aromatic heterocycles. The molecule has 1 aromatic rings. The van der Waals surface area contributed by atoms with Gasteiger partial charge < -0.3 is 5.73 Å². The standard InChI is InChI=1S/C9H6BrF6N/c10-7-2-6(9(14,15)16)5(8(11,12)13)1-4(7)3-17/h1-2H,3,17H2. The zero-order valence-electron chi connectivity index (χ0n) is 8.08. The molecule has 0 aliphatic heterocycles. The molecule has 0 fully saturated rings. The van der Waals surface area contributed by atoms with Crippen molar-refractivity contribution in [2.24, 2.45) is 5.73 Å². The van der Waals surface area contributed by atoms with E-state index < -0.39 is 23.5 Å². The summed E-state index contributed by atoms with van der Waals surface area (Å²) in [5.74, 6) is 0. The first-order chi connectivity index (χ1) is 7.57. The van der Waals surface area contributed by atoms with E-state index in [0.29, 0.717) is 12.1 Å². The van der Waals surface area contributed by atoms with Gasteiger partial charge in [0.05, 0.1) is 11.1 Å². The van der Waals surface area contributed by atoms with E-state index in [1.54, 1.807) is 0 Å². The molecule has 0 spiro atoms. The predicted octanol–water partition coefficient (Wildman–Crippen LogP) is 3.95. The number of hydrogen-bond donors (Lipinski definition) is 1. The highest BCUT2D eigenvalue weighted by atomic mass is 79.9. The van der Waals surface area contributed by atoms with Crippen molar-refractivity contribution in [3.05, 3.63) is 33.3 Å². The summed E-state index contributed by atoms with van der Waals surface area (Å²) in [6.45, 7) is -0.290. The SMILES string of the molecule is NCc1cc(C(F)(F)F)c(C(F)(F)F)cc1Br. The Morgan fingerprint density at radius 3 is 1.71 bits per heavy atom. The highest BCUT2D eigenvalue weighted by Crippen LogP contribution is 2.42. The summed E-state index contributed by atoms with van der Waals surface area (Å²) >= 11 is 2.75. The number of hydrogen-bond acceptors (Lipinski definition) is 1. The van der Waals surface area contributed by atoms with Gasteiger partial charge in [-0.3, -0.25) is 0 Å². The summed E-state index contributed by atoms with van der Waals surface area (Å²) < 4.78 is 74.6. The third-order valence-corrected chi connectivity index (χ3v) is 2.76. The molecule has 0 atom stereocenters. The molecule has 1 nitrogen and oxygen atoms in total. The molecule has 1 rings (SSSR count). The molecule has 0 aliphatic rings. The molecule has 0 aliphatic carbocycles. The Hall–Kier alpha value is -0.760. The van der Waals surface area contributed by atoms with E-state index in [9.17, 15) is 26.3 Å². The minimum Gasteiger partial charge on any atom is -0.326 e. The molecule has 0 unspecified atom stereocenters. The highest BCUT2D eigenvalue weighted by Gasteiger charge is 2.43. The maximum absolute atomic E-state index is 12.5. The molecule has 8 heteroatoms. The van der Waals surface area contributed by atoms with E-state index in [2.05, 4.69) is 15.9 Å². The van der Waals surface area contributed by atoms with Crippen LogP contribution in [0.4, 0.5) is 26.3 Å². The van der Waals surface area contributed by atoms with Crippen LogP contribution in [0.3, 0.4) is 0 Å². The van der Waals surface area contributed by atoms with Crippen LogP contribution in [0.15, 0.2) is 16.6 Å². The largest absolute Gasteiger partial charge is 0.417 e. The first kappa shape index (κ1) is 14.3. The van der Waals surface area contributed by atoms with Crippen LogP contribution >= 0.6 is 15.9 Å². The molecular weight excluding hydrogens is 316 g/mol. The van der Waals surface area contributed by atoms with Crippen molar-refractivity contribution in [3.63, 3.8) is 0 Å². The Labute approximate surface area is 101 Å². The van der Waals surface area contributed by atoms with Crippen molar-refractivity contribution in [3.8, 4) is 0 Å². The Bertz CT molecular complexity index is 423. The topological polar surface area (TPSA) is 26.0 Å². The zero-order valence-corrected chi connectivity index (χ0v) is 9.67. The van der Waals surface area contributed by atoms with Gasteiger partial charge in [-0.05, 0) is 17.7 Å². The smallest absolute Gasteiger partial charge is 0.326 e. The van der Waals surface area contributed by atoms with Gasteiger partial charge in [0, 0.05) is 11.0 Å². The van der Waals surface area contributed by atoms with Crippen LogP contribution in [0.2, 0.25) is 0 Å². The van der Waals surface area contributed by atoms with Gasteiger partial charge in [0.1, 0.15) is 0 Å². The van der Waals surface area contributed by atoms with E-state index >= 15 is 0 Å². The van der Waals surface area contributed by atoms with E-state index in [1.165, 1.54) is 0 Å². The van der Waals surface area contributed by atoms with Crippen LogP contribution in [0.5, 0.6) is 0 Å². The van der Waals surface area contributed by atoms with Gasteiger partial charge in [0.15, 0.2) is 0 Å². The Kier molecular flexibility index (Phi) is 3.78. The average Bonchev–Trinajstić information content (AvgIpc) is 2.14. The number of benzene rings is 1. The normalized spacial score (nSPS) is 12.9. The summed E-state index contributed by atoms with van der Waals surface area (Å²) in [5, 5.41) is 0. The molecule has 0 bridgehead atoms. The molecule has 17 heavy (non-hydrogen) atoms. The number of alkyl halides is 6. The second-order valence-electron chi connectivity index (χ2n) is 3.19. The Balaban J connectivity index is 3.54. The third-order valence-electron chi connectivity index (χ3n) is 2.02. The Morgan fingerprint density at radius 2 is 1.35 bits per heavy atom. The lowest BCUT2D eigenvalue weighted by atomic mass is 10.0. The minimum absolute atomic E-state index is 0.0367. The van der Waals surface area contributed by atoms with Crippen molar-refractivity contribution in [2.45, 2.75) is 18.9 Å². The number of halogens is 7. The van der Waals surface area contributed by atoms with Crippen molar-refractivity contribution < 1.29 is 26.3 Å². The lowest BCUT2D eigenvalue weighted by Gasteiger charge is -2.17. The molecule has 0 radical (unpaired) electrons. The predicted molar refractivity (Wildman–Crippen MR) is 52.0 cm³/mol. The third kappa shape index (κ3) is 3.12. The quantitative estimate of drug-likeness (QED) is 0.779. The molecule has 1 aromatic carbocycles. The summed E-state index contributed by atoms with van der Waals surface area (Å²) in [6, 6.07) is 0.803. The van der Waals surface area contributed by atoms with Crippen LogP contribution in [0, 0.1) is 0 Å². The van der Waals surface area contributed by atoms with Gasteiger partial charge in [-0.15, -0.1) is 0 Å². The average molecular weight is 322 g/mol. The first-order valence-electron chi connectivity index (χ1n) is 4.24. The van der Waals surface area contributed by atoms with E-state index in [1.807, 2.05) is 0 Å². The van der Waals surface area contributed by atoms with E-state index in [4.69, 9.17) is 5.73 Å². The second-order valence-corrected chi connectivity index (χ2v) is 4.04. The van der Waals surface area contributed by atoms with Gasteiger partial charge in [0.25, 0.3) is 0 Å². The van der Waals surface area contributed by atoms with Crippen molar-refractivity contribution >= 4 is 15.9 Å². The van der Waals surface area contributed by atoms with Crippen molar-refractivity contribution in [2.75, 3.05) is 0 Å². The van der Waals surface area contributed by atoms with Crippen molar-refractivity contribution in [1.82, 2.24) is 0 Å². The molecule has 0 saturated heterocycles. The summed E-state index contributed by atoms with van der Waals surface area (Å²) in [4.78, 5) is 0. The molecule has 96 valence electrons. The first-order valence-corrected chi connectivity index (χ1v) is 5.03. The molecule has 0 amide bonds. The van der Waals surface area contributed by atoms with Crippen LogP contribution in [-0.2, 0) is 18.9 Å². The lowest BCUT2D eigenvalue weighted by Crippen LogP contribution is -2.17. The number of nitrogens with two attached hydrogens (primary N) is 1. The fraction of sp³-hybridized carbons (Fsp3) is 0.333. The monoisotopic (exact) mass is 321 g/mol. The van der Waals surface area contributed by atoms with Crippen LogP contribution in [0.1, 0.15) is 16.7 Å². The van der Waals surface area contributed by atoms with Gasteiger partial charge in [-0.25, -0.2) is 0 Å². The van der Waals surface area contributed by atoms with Gasteiger partial charge in [-0.1, -0.05) is 15.9 Å². The van der Waals surface area contributed by atoms with Crippen LogP contribution < -0.4 is 5.73 Å². The highest BCUT2D eigenvalue weighted by molar-refractivity contribution is 9.10. The molecule has 0 heterocycles. The number of rotatable bonds is 1. The fourth-order valence-electron chi connectivity index (χ4n) is 1.24. The van der Waals surface area contributed by atoms with Gasteiger partial charge in [0.2, 0.25) is 0 Å². The van der Waals surface area contributed by atoms with E-state index in [0.717, 1.165) is 0 Å². The molecule has 2 N–H and O–H groups in total.